The van der Waals surface area contributed by atoms with Gasteiger partial charge in [0.05, 0.1) is 17.2 Å². The molecule has 13 heteroatoms. The van der Waals surface area contributed by atoms with E-state index in [1.165, 1.54) is 33.7 Å². The fourth-order valence-corrected chi connectivity index (χ4v) is 3.72. The van der Waals surface area contributed by atoms with Crippen molar-refractivity contribution in [1.82, 2.24) is 9.55 Å². The summed E-state index contributed by atoms with van der Waals surface area (Å²) < 4.78 is 71.7. The summed E-state index contributed by atoms with van der Waals surface area (Å²) in [5.74, 6) is -1.39. The number of aromatic nitrogens is 2. The number of alkyl halides is 3. The number of ether oxygens (including phenoxy) is 3. The van der Waals surface area contributed by atoms with Crippen LogP contribution in [0.15, 0.2) is 47.3 Å². The molecule has 0 unspecified atom stereocenters. The zero-order valence-corrected chi connectivity index (χ0v) is 21.0. The maximum atomic E-state index is 14.7. The van der Waals surface area contributed by atoms with Crippen LogP contribution in [0.5, 0.6) is 17.4 Å². The highest BCUT2D eigenvalue weighted by Crippen LogP contribution is 2.36. The van der Waals surface area contributed by atoms with Crippen LogP contribution in [0, 0.1) is 17.1 Å². The highest BCUT2D eigenvalue weighted by molar-refractivity contribution is 5.87. The monoisotopic (exact) mass is 546 g/mol. The third-order valence-electron chi connectivity index (χ3n) is 5.43. The predicted molar refractivity (Wildman–Crippen MR) is 129 cm³/mol. The van der Waals surface area contributed by atoms with E-state index in [9.17, 15) is 27.2 Å². The summed E-state index contributed by atoms with van der Waals surface area (Å²) in [6.07, 6.45) is -5.42. The maximum Gasteiger partial charge on any atom is 0.417 e. The molecule has 9 nitrogen and oxygen atoms in total. The van der Waals surface area contributed by atoms with Crippen LogP contribution in [0.2, 0.25) is 0 Å². The summed E-state index contributed by atoms with van der Waals surface area (Å²) in [5.41, 5.74) is -2.85. The van der Waals surface area contributed by atoms with Crippen LogP contribution in [-0.4, -0.2) is 27.8 Å². The molecule has 0 spiro atoms. The lowest BCUT2D eigenvalue weighted by Gasteiger charge is -2.24. The van der Waals surface area contributed by atoms with Crippen LogP contribution in [0.1, 0.15) is 37.5 Å². The number of amides is 1. The van der Waals surface area contributed by atoms with Gasteiger partial charge in [-0.05, 0) is 56.7 Å². The Morgan fingerprint density at radius 2 is 1.85 bits per heavy atom. The van der Waals surface area contributed by atoms with Gasteiger partial charge in [-0.1, -0.05) is 6.07 Å². The van der Waals surface area contributed by atoms with Gasteiger partial charge >= 0.3 is 18.0 Å². The number of anilines is 1. The van der Waals surface area contributed by atoms with Gasteiger partial charge in [0.2, 0.25) is 5.88 Å². The minimum Gasteiger partial charge on any atom is -0.473 e. The van der Waals surface area contributed by atoms with E-state index in [1.54, 1.807) is 20.8 Å². The Hall–Kier alpha value is -4.60. The van der Waals surface area contributed by atoms with Gasteiger partial charge in [-0.2, -0.15) is 23.4 Å². The fourth-order valence-electron chi connectivity index (χ4n) is 3.72. The standard InChI is InChI=1S/C26H22F4N4O5/c1-25(2,3)39-24(36)34-9-8-33-22(34)12-21(32-23(33)35)37-14-15-4-7-20(19(27)10-15)38-17-6-5-16(13-31)18(11-17)26(28,29)30/h4-7,10-12H,8-9,14H2,1-3H3. The zero-order chi connectivity index (χ0) is 28.5. The van der Waals surface area contributed by atoms with Crippen molar-refractivity contribution < 1.29 is 36.6 Å². The summed E-state index contributed by atoms with van der Waals surface area (Å²) in [5, 5.41) is 8.90. The van der Waals surface area contributed by atoms with Crippen molar-refractivity contribution in [2.75, 3.05) is 11.4 Å². The average Bonchev–Trinajstić information content (AvgIpc) is 3.27. The molecule has 0 fully saturated rings. The Morgan fingerprint density at radius 3 is 2.49 bits per heavy atom. The first-order chi connectivity index (χ1) is 18.2. The molecule has 39 heavy (non-hydrogen) atoms. The fraction of sp³-hybridized carbons (Fsp3) is 0.308. The number of nitriles is 1. The van der Waals surface area contributed by atoms with E-state index >= 15 is 0 Å². The number of carbonyl (C=O) groups is 1. The lowest BCUT2D eigenvalue weighted by molar-refractivity contribution is -0.137. The van der Waals surface area contributed by atoms with Gasteiger partial charge < -0.3 is 14.2 Å². The lowest BCUT2D eigenvalue weighted by Crippen LogP contribution is -2.36. The SMILES string of the molecule is CC(C)(C)OC(=O)N1CCn2c1cc(OCc1ccc(Oc3ccc(C#N)c(C(F)(F)F)c3)c(F)c1)nc2=O. The quantitative estimate of drug-likeness (QED) is 0.395. The molecule has 0 radical (unpaired) electrons. The molecule has 2 heterocycles. The molecule has 0 saturated heterocycles. The number of rotatable bonds is 5. The van der Waals surface area contributed by atoms with Crippen molar-refractivity contribution in [3.63, 3.8) is 0 Å². The number of hydrogen-bond acceptors (Lipinski definition) is 7. The van der Waals surface area contributed by atoms with Crippen molar-refractivity contribution >= 4 is 11.9 Å². The highest BCUT2D eigenvalue weighted by atomic mass is 19.4. The highest BCUT2D eigenvalue weighted by Gasteiger charge is 2.34. The minimum absolute atomic E-state index is 0.0975. The molecule has 1 amide bonds. The van der Waals surface area contributed by atoms with Gasteiger partial charge in [-0.3, -0.25) is 9.47 Å². The summed E-state index contributed by atoms with van der Waals surface area (Å²) in [4.78, 5) is 30.1. The molecule has 1 aliphatic rings. The van der Waals surface area contributed by atoms with Crippen LogP contribution in [-0.2, 0) is 24.1 Å². The Bertz CT molecular complexity index is 1520. The largest absolute Gasteiger partial charge is 0.473 e. The molecular formula is C26H22F4N4O5. The van der Waals surface area contributed by atoms with E-state index in [0.29, 0.717) is 11.6 Å². The second-order valence-electron chi connectivity index (χ2n) is 9.49. The van der Waals surface area contributed by atoms with Crippen LogP contribution in [0.25, 0.3) is 0 Å². The zero-order valence-electron chi connectivity index (χ0n) is 21.0. The average molecular weight is 546 g/mol. The van der Waals surface area contributed by atoms with E-state index < -0.39 is 40.5 Å². The maximum absolute atomic E-state index is 14.7. The molecule has 4 rings (SSSR count). The number of halogens is 4. The normalized spacial score (nSPS) is 13.0. The van der Waals surface area contributed by atoms with Gasteiger partial charge in [0.1, 0.15) is 23.8 Å². The summed E-state index contributed by atoms with van der Waals surface area (Å²) >= 11 is 0. The third kappa shape index (κ3) is 6.28. The lowest BCUT2D eigenvalue weighted by atomic mass is 10.1. The Kier molecular flexibility index (Phi) is 7.23. The molecule has 204 valence electrons. The van der Waals surface area contributed by atoms with Crippen LogP contribution < -0.4 is 20.1 Å². The Labute approximate surface area is 219 Å². The van der Waals surface area contributed by atoms with Crippen molar-refractivity contribution in [3.8, 4) is 23.4 Å². The molecule has 2 aromatic carbocycles. The van der Waals surface area contributed by atoms with Crippen molar-refractivity contribution in [3.05, 3.63) is 75.5 Å². The van der Waals surface area contributed by atoms with Crippen LogP contribution >= 0.6 is 0 Å². The van der Waals surface area contributed by atoms with Crippen molar-refractivity contribution in [2.45, 2.75) is 45.7 Å². The number of hydrogen-bond donors (Lipinski definition) is 0. The van der Waals surface area contributed by atoms with Crippen molar-refractivity contribution in [1.29, 1.82) is 5.26 Å². The van der Waals surface area contributed by atoms with E-state index in [2.05, 4.69) is 4.98 Å². The van der Waals surface area contributed by atoms with Gasteiger partial charge in [0, 0.05) is 19.2 Å². The summed E-state index contributed by atoms with van der Waals surface area (Å²) in [6, 6.07) is 9.21. The summed E-state index contributed by atoms with van der Waals surface area (Å²) in [6.45, 7) is 5.38. The van der Waals surface area contributed by atoms with Crippen LogP contribution in [0.4, 0.5) is 28.2 Å². The number of benzene rings is 2. The second-order valence-corrected chi connectivity index (χ2v) is 9.49. The Morgan fingerprint density at radius 1 is 1.10 bits per heavy atom. The molecule has 0 N–H and O–H groups in total. The number of fused-ring (bicyclic) bond motifs is 1. The molecule has 0 saturated carbocycles. The molecular weight excluding hydrogens is 524 g/mol. The molecule has 0 bridgehead atoms. The van der Waals surface area contributed by atoms with E-state index in [0.717, 1.165) is 18.2 Å². The topological polar surface area (TPSA) is 107 Å². The minimum atomic E-state index is -4.79. The number of carbonyl (C=O) groups excluding carboxylic acids is 1. The molecule has 1 aromatic heterocycles. The smallest absolute Gasteiger partial charge is 0.417 e. The molecule has 3 aromatic rings. The number of nitrogens with zero attached hydrogens (tertiary/aromatic N) is 4. The first kappa shape index (κ1) is 27.4. The van der Waals surface area contributed by atoms with E-state index in [-0.39, 0.29) is 42.9 Å². The van der Waals surface area contributed by atoms with E-state index in [1.807, 2.05) is 0 Å². The Balaban J connectivity index is 1.47. The van der Waals surface area contributed by atoms with E-state index in [4.69, 9.17) is 19.5 Å². The van der Waals surface area contributed by atoms with Gasteiger partial charge in [-0.25, -0.2) is 14.0 Å². The van der Waals surface area contributed by atoms with Gasteiger partial charge in [0.25, 0.3) is 0 Å². The first-order valence-corrected chi connectivity index (χ1v) is 11.6. The molecule has 0 atom stereocenters. The molecule has 0 aliphatic carbocycles. The van der Waals surface area contributed by atoms with Crippen molar-refractivity contribution in [2.24, 2.45) is 0 Å². The molecule has 1 aliphatic heterocycles. The van der Waals surface area contributed by atoms with Crippen LogP contribution in [0.3, 0.4) is 0 Å². The van der Waals surface area contributed by atoms with Gasteiger partial charge in [0.15, 0.2) is 11.6 Å². The predicted octanol–water partition coefficient (Wildman–Crippen LogP) is 5.40. The second kappa shape index (κ2) is 10.3. The summed E-state index contributed by atoms with van der Waals surface area (Å²) in [7, 11) is 0. The first-order valence-electron chi connectivity index (χ1n) is 11.6. The van der Waals surface area contributed by atoms with Gasteiger partial charge in [-0.15, -0.1) is 0 Å². The third-order valence-corrected chi connectivity index (χ3v) is 5.43.